The summed E-state index contributed by atoms with van der Waals surface area (Å²) < 4.78 is 26.3. The van der Waals surface area contributed by atoms with Crippen LogP contribution in [0, 0.1) is 27.7 Å². The van der Waals surface area contributed by atoms with Gasteiger partial charge in [0, 0.05) is 25.7 Å². The number of primary amides is 4. The highest BCUT2D eigenvalue weighted by Crippen LogP contribution is 2.67. The molecule has 0 aliphatic heterocycles. The van der Waals surface area contributed by atoms with Crippen molar-refractivity contribution in [3.8, 4) is 0 Å². The van der Waals surface area contributed by atoms with Gasteiger partial charge in [-0.3, -0.25) is 28.3 Å². The van der Waals surface area contributed by atoms with Gasteiger partial charge in [0.05, 0.1) is 10.3 Å². The van der Waals surface area contributed by atoms with Gasteiger partial charge in [0.2, 0.25) is 23.6 Å². The number of benzene rings is 1. The van der Waals surface area contributed by atoms with E-state index in [-0.39, 0.29) is 33.4 Å². The van der Waals surface area contributed by atoms with Gasteiger partial charge in [-0.25, -0.2) is 0 Å². The molecule has 0 aliphatic carbocycles. The number of hydrogen-bond acceptors (Lipinski definition) is 6. The minimum Gasteiger partial charge on any atom is -0.370 e. The number of rotatable bonds is 16. The van der Waals surface area contributed by atoms with E-state index in [0.29, 0.717) is 0 Å². The Morgan fingerprint density at radius 3 is 0.825 bits per heavy atom. The van der Waals surface area contributed by atoms with Crippen LogP contribution in [-0.2, 0) is 38.6 Å². The molecule has 0 fully saturated rings. The van der Waals surface area contributed by atoms with Crippen molar-refractivity contribution in [1.82, 2.24) is 0 Å². The maximum absolute atomic E-state index is 13.2. The normalized spacial score (nSPS) is 12.8. The molecule has 4 amide bonds. The Bertz CT molecular complexity index is 1120. The van der Waals surface area contributed by atoms with Crippen LogP contribution < -0.4 is 22.9 Å². The summed E-state index contributed by atoms with van der Waals surface area (Å²) in [6.45, 7) is 5.97. The topological polar surface area (TPSA) is 287 Å². The lowest BCUT2D eigenvalue weighted by atomic mass is 9.74. The standard InChI is InChI=1S/C24H40N4O10P2/c1-13-14(2)22(24(40(36,37)38,11-7-19(27)31)12-8-20(28)32)16(4)15(3)21(13)23(39(33,34)35,9-5-17(25)29)10-6-18(26)30/h5-12H2,1-4H3,(H2,25,29)(H2,26,30)(H2,27,31)(H2,28,32)(H2,33,34,35)(H2,36,37,38). The molecule has 14 nitrogen and oxygen atoms in total. The van der Waals surface area contributed by atoms with Crippen molar-refractivity contribution in [3.63, 3.8) is 0 Å². The molecule has 0 aromatic heterocycles. The second kappa shape index (κ2) is 12.9. The molecule has 0 aliphatic rings. The molecule has 40 heavy (non-hydrogen) atoms. The summed E-state index contributed by atoms with van der Waals surface area (Å²) in [5, 5.41) is -4.19. The number of hydrogen-bond donors (Lipinski definition) is 8. The van der Waals surface area contributed by atoms with Crippen molar-refractivity contribution in [2.24, 2.45) is 22.9 Å². The van der Waals surface area contributed by atoms with E-state index in [1.807, 2.05) is 0 Å². The Morgan fingerprint density at radius 2 is 0.700 bits per heavy atom. The predicted molar refractivity (Wildman–Crippen MR) is 147 cm³/mol. The molecular weight excluding hydrogens is 566 g/mol. The summed E-state index contributed by atoms with van der Waals surface area (Å²) >= 11 is 0. The fraction of sp³-hybridized carbons (Fsp3) is 0.583. The molecule has 0 bridgehead atoms. The van der Waals surface area contributed by atoms with E-state index in [1.54, 1.807) is 0 Å². The lowest BCUT2D eigenvalue weighted by Crippen LogP contribution is -2.35. The average Bonchev–Trinajstić information content (AvgIpc) is 2.78. The highest BCUT2D eigenvalue weighted by atomic mass is 31.2. The van der Waals surface area contributed by atoms with Gasteiger partial charge in [-0.2, -0.15) is 0 Å². The minimum atomic E-state index is -5.17. The van der Waals surface area contributed by atoms with E-state index >= 15 is 0 Å². The van der Waals surface area contributed by atoms with Crippen LogP contribution in [0.2, 0.25) is 0 Å². The Balaban J connectivity index is 4.33. The van der Waals surface area contributed by atoms with E-state index in [4.69, 9.17) is 22.9 Å². The smallest absolute Gasteiger partial charge is 0.336 e. The Hall–Kier alpha value is -2.60. The Morgan fingerprint density at radius 1 is 0.525 bits per heavy atom. The molecule has 16 heteroatoms. The molecule has 12 N–H and O–H groups in total. The van der Waals surface area contributed by atoms with E-state index in [0.717, 1.165) is 0 Å². The molecule has 1 aromatic rings. The molecule has 0 heterocycles. The lowest BCUT2D eigenvalue weighted by molar-refractivity contribution is -0.119. The van der Waals surface area contributed by atoms with Gasteiger partial charge in [-0.05, 0) is 86.8 Å². The largest absolute Gasteiger partial charge is 0.370 e. The maximum atomic E-state index is 13.2. The van der Waals surface area contributed by atoms with Crippen LogP contribution in [0.4, 0.5) is 0 Å². The molecule has 0 saturated carbocycles. The molecule has 0 spiro atoms. The van der Waals surface area contributed by atoms with Crippen molar-refractivity contribution in [1.29, 1.82) is 0 Å². The van der Waals surface area contributed by atoms with Gasteiger partial charge in [0.15, 0.2) is 0 Å². The number of carbonyl (C=O) groups excluding carboxylic acids is 4. The summed E-state index contributed by atoms with van der Waals surface area (Å²) in [4.78, 5) is 89.5. The third-order valence-electron chi connectivity index (χ3n) is 7.81. The van der Waals surface area contributed by atoms with Crippen molar-refractivity contribution in [2.75, 3.05) is 0 Å². The van der Waals surface area contributed by atoms with Gasteiger partial charge >= 0.3 is 15.2 Å². The minimum absolute atomic E-state index is 0.0893. The van der Waals surface area contributed by atoms with Crippen LogP contribution in [0.15, 0.2) is 0 Å². The van der Waals surface area contributed by atoms with Crippen molar-refractivity contribution in [3.05, 3.63) is 33.4 Å². The molecule has 1 aromatic carbocycles. The first-order valence-electron chi connectivity index (χ1n) is 12.4. The van der Waals surface area contributed by atoms with E-state index < -0.39 is 100 Å². The number of carbonyl (C=O) groups is 4. The average molecular weight is 607 g/mol. The van der Waals surface area contributed by atoms with Crippen molar-refractivity contribution in [2.45, 2.75) is 89.4 Å². The Labute approximate surface area is 232 Å². The van der Waals surface area contributed by atoms with E-state index in [1.165, 1.54) is 27.7 Å². The zero-order valence-corrected chi connectivity index (χ0v) is 24.9. The third-order valence-corrected chi connectivity index (χ3v) is 11.4. The molecule has 0 saturated heterocycles. The summed E-state index contributed by atoms with van der Waals surface area (Å²) in [5.41, 5.74) is 22.3. The van der Waals surface area contributed by atoms with Gasteiger partial charge in [-0.1, -0.05) is 0 Å². The molecule has 0 atom stereocenters. The SMILES string of the molecule is Cc1c(C)c(C(CCC(N)=O)(CCC(N)=O)P(=O)(O)O)c(C)c(C)c1C(CCC(N)=O)(CCC(N)=O)P(=O)(O)O. The monoisotopic (exact) mass is 606 g/mol. The zero-order chi connectivity index (χ0) is 31.4. The van der Waals surface area contributed by atoms with Crippen LogP contribution in [-0.4, -0.2) is 43.2 Å². The van der Waals surface area contributed by atoms with Gasteiger partial charge in [-0.15, -0.1) is 0 Å². The maximum Gasteiger partial charge on any atom is 0.336 e. The molecule has 0 unspecified atom stereocenters. The molecule has 226 valence electrons. The summed E-state index contributed by atoms with van der Waals surface area (Å²) in [7, 11) is -10.3. The van der Waals surface area contributed by atoms with Gasteiger partial charge in [0.25, 0.3) is 0 Å². The number of nitrogens with two attached hydrogens (primary N) is 4. The zero-order valence-electron chi connectivity index (χ0n) is 23.1. The first kappa shape index (κ1) is 35.4. The fourth-order valence-corrected chi connectivity index (χ4v) is 8.52. The predicted octanol–water partition coefficient (Wildman–Crippen LogP) is 0.728. The summed E-state index contributed by atoms with van der Waals surface area (Å²) in [6.07, 6.45) is -3.50. The van der Waals surface area contributed by atoms with Crippen LogP contribution in [0.5, 0.6) is 0 Å². The van der Waals surface area contributed by atoms with Crippen LogP contribution in [0.25, 0.3) is 0 Å². The van der Waals surface area contributed by atoms with Gasteiger partial charge < -0.3 is 42.5 Å². The fourth-order valence-electron chi connectivity index (χ4n) is 5.65. The first-order valence-corrected chi connectivity index (χ1v) is 15.6. The van der Waals surface area contributed by atoms with E-state index in [9.17, 15) is 47.9 Å². The highest BCUT2D eigenvalue weighted by Gasteiger charge is 2.53. The summed E-state index contributed by atoms with van der Waals surface area (Å²) in [6, 6.07) is 0. The van der Waals surface area contributed by atoms with Crippen molar-refractivity contribution >= 4 is 38.8 Å². The lowest BCUT2D eigenvalue weighted by Gasteiger charge is -2.42. The number of amides is 4. The first-order chi connectivity index (χ1) is 18.1. The third kappa shape index (κ3) is 7.37. The second-order valence-electron chi connectivity index (χ2n) is 10.3. The van der Waals surface area contributed by atoms with Crippen LogP contribution in [0.1, 0.15) is 84.7 Å². The second-order valence-corrected chi connectivity index (χ2v) is 14.2. The summed E-state index contributed by atoms with van der Waals surface area (Å²) in [5.74, 6) is -3.35. The Kier molecular flexibility index (Phi) is 11.5. The van der Waals surface area contributed by atoms with Gasteiger partial charge in [0.1, 0.15) is 0 Å². The van der Waals surface area contributed by atoms with Crippen molar-refractivity contribution < 1.29 is 47.9 Å². The van der Waals surface area contributed by atoms with Crippen LogP contribution in [0.3, 0.4) is 0 Å². The quantitative estimate of drug-likeness (QED) is 0.122. The van der Waals surface area contributed by atoms with E-state index in [2.05, 4.69) is 0 Å². The van der Waals surface area contributed by atoms with Crippen LogP contribution >= 0.6 is 15.2 Å². The molecule has 0 radical (unpaired) electrons. The molecular formula is C24H40N4O10P2. The molecule has 1 rings (SSSR count). The highest BCUT2D eigenvalue weighted by molar-refractivity contribution is 7.53.